The average Bonchev–Trinajstić information content (AvgIpc) is 2.58. The molecule has 1 aliphatic rings. The predicted molar refractivity (Wildman–Crippen MR) is 113 cm³/mol. The van der Waals surface area contributed by atoms with Crippen LogP contribution in [0, 0.1) is 27.7 Å². The Morgan fingerprint density at radius 1 is 0.929 bits per heavy atom. The highest BCUT2D eigenvalue weighted by Crippen LogP contribution is 2.30. The van der Waals surface area contributed by atoms with E-state index in [1.54, 1.807) is 19.1 Å². The van der Waals surface area contributed by atoms with E-state index < -0.39 is 20.0 Å². The minimum Gasteiger partial charge on any atom is -0.279 e. The molecular weight excluding hydrogens is 396 g/mol. The van der Waals surface area contributed by atoms with Gasteiger partial charge in [0.05, 0.1) is 22.0 Å². The van der Waals surface area contributed by atoms with E-state index in [4.69, 9.17) is 0 Å². The molecule has 1 saturated heterocycles. The number of benzene rings is 2. The van der Waals surface area contributed by atoms with Crippen LogP contribution in [0.4, 0.5) is 11.4 Å². The number of nitrogens with zero attached hydrogens (tertiary/aromatic N) is 1. The molecule has 0 amide bonds. The van der Waals surface area contributed by atoms with Crippen molar-refractivity contribution in [3.8, 4) is 0 Å². The van der Waals surface area contributed by atoms with Gasteiger partial charge in [-0.2, -0.15) is 0 Å². The maximum absolute atomic E-state index is 13.1. The molecule has 0 saturated carbocycles. The van der Waals surface area contributed by atoms with Crippen molar-refractivity contribution in [1.29, 1.82) is 0 Å². The summed E-state index contributed by atoms with van der Waals surface area (Å²) in [6.07, 6.45) is 1.39. The van der Waals surface area contributed by atoms with E-state index in [0.717, 1.165) is 23.1 Å². The maximum Gasteiger partial charge on any atom is 0.262 e. The molecule has 2 aromatic rings. The molecule has 3 rings (SSSR count). The summed E-state index contributed by atoms with van der Waals surface area (Å²) >= 11 is 0. The molecule has 1 N–H and O–H groups in total. The minimum atomic E-state index is -3.87. The van der Waals surface area contributed by atoms with Crippen LogP contribution in [0.25, 0.3) is 0 Å². The molecule has 1 aliphatic heterocycles. The predicted octanol–water partition coefficient (Wildman–Crippen LogP) is 3.65. The van der Waals surface area contributed by atoms with Gasteiger partial charge in [0.1, 0.15) is 0 Å². The SMILES string of the molecule is Cc1cc(C)c(NS(=O)(=O)c2cc(N3CCCCS3(=O)=O)ccc2C)c(C)c1. The quantitative estimate of drug-likeness (QED) is 0.815. The smallest absolute Gasteiger partial charge is 0.262 e. The fourth-order valence-corrected chi connectivity index (χ4v) is 6.74. The number of hydrogen-bond donors (Lipinski definition) is 1. The van der Waals surface area contributed by atoms with Gasteiger partial charge < -0.3 is 0 Å². The fourth-order valence-electron chi connectivity index (χ4n) is 3.64. The number of anilines is 2. The second-order valence-corrected chi connectivity index (χ2v) is 11.1. The van der Waals surface area contributed by atoms with Crippen LogP contribution >= 0.6 is 0 Å². The van der Waals surface area contributed by atoms with E-state index in [9.17, 15) is 16.8 Å². The second kappa shape index (κ2) is 7.40. The van der Waals surface area contributed by atoms with Crippen LogP contribution in [0.5, 0.6) is 0 Å². The summed E-state index contributed by atoms with van der Waals surface area (Å²) in [5.41, 5.74) is 4.26. The molecule has 8 heteroatoms. The number of nitrogens with one attached hydrogen (secondary N) is 1. The van der Waals surface area contributed by atoms with E-state index in [-0.39, 0.29) is 10.6 Å². The van der Waals surface area contributed by atoms with Crippen LogP contribution < -0.4 is 9.03 Å². The van der Waals surface area contributed by atoms with Crippen molar-refractivity contribution in [2.24, 2.45) is 0 Å². The normalized spacial score (nSPS) is 16.8. The molecule has 1 fully saturated rings. The van der Waals surface area contributed by atoms with Crippen molar-refractivity contribution >= 4 is 31.4 Å². The lowest BCUT2D eigenvalue weighted by molar-refractivity contribution is 0.574. The lowest BCUT2D eigenvalue weighted by atomic mass is 10.1. The first-order valence-electron chi connectivity index (χ1n) is 9.23. The zero-order valence-electron chi connectivity index (χ0n) is 16.6. The van der Waals surface area contributed by atoms with E-state index in [1.165, 1.54) is 10.4 Å². The van der Waals surface area contributed by atoms with Gasteiger partial charge in [-0.3, -0.25) is 9.03 Å². The second-order valence-electron chi connectivity index (χ2n) is 7.42. The Bertz CT molecular complexity index is 1100. The van der Waals surface area contributed by atoms with Crippen molar-refractivity contribution in [2.75, 3.05) is 21.3 Å². The molecule has 28 heavy (non-hydrogen) atoms. The van der Waals surface area contributed by atoms with E-state index in [1.807, 2.05) is 32.9 Å². The third-order valence-corrected chi connectivity index (χ3v) is 8.37. The van der Waals surface area contributed by atoms with Gasteiger partial charge in [-0.05, 0) is 69.4 Å². The Balaban J connectivity index is 2.03. The van der Waals surface area contributed by atoms with Crippen molar-refractivity contribution < 1.29 is 16.8 Å². The molecule has 0 aromatic heterocycles. The highest BCUT2D eigenvalue weighted by molar-refractivity contribution is 7.93. The van der Waals surface area contributed by atoms with E-state index in [2.05, 4.69) is 4.72 Å². The molecule has 2 aromatic carbocycles. The zero-order chi connectivity index (χ0) is 20.7. The molecule has 0 unspecified atom stereocenters. The summed E-state index contributed by atoms with van der Waals surface area (Å²) in [6, 6.07) is 8.63. The van der Waals surface area contributed by atoms with Crippen LogP contribution in [-0.4, -0.2) is 29.1 Å². The van der Waals surface area contributed by atoms with Crippen LogP contribution in [0.2, 0.25) is 0 Å². The summed E-state index contributed by atoms with van der Waals surface area (Å²) in [5, 5.41) is 0. The molecule has 152 valence electrons. The molecule has 6 nitrogen and oxygen atoms in total. The molecule has 0 bridgehead atoms. The van der Waals surface area contributed by atoms with Crippen LogP contribution in [0.1, 0.15) is 35.1 Å². The number of rotatable bonds is 4. The summed E-state index contributed by atoms with van der Waals surface area (Å²) in [6.45, 7) is 7.76. The Morgan fingerprint density at radius 2 is 1.57 bits per heavy atom. The lowest BCUT2D eigenvalue weighted by Gasteiger charge is -2.28. The summed E-state index contributed by atoms with van der Waals surface area (Å²) in [7, 11) is -7.28. The number of hydrogen-bond acceptors (Lipinski definition) is 4. The van der Waals surface area contributed by atoms with E-state index >= 15 is 0 Å². The Morgan fingerprint density at radius 3 is 2.18 bits per heavy atom. The van der Waals surface area contributed by atoms with Crippen LogP contribution in [0.3, 0.4) is 0 Å². The highest BCUT2D eigenvalue weighted by atomic mass is 32.2. The third-order valence-electron chi connectivity index (χ3n) is 5.01. The van der Waals surface area contributed by atoms with Gasteiger partial charge in [0.2, 0.25) is 10.0 Å². The van der Waals surface area contributed by atoms with Gasteiger partial charge in [0.15, 0.2) is 0 Å². The zero-order valence-corrected chi connectivity index (χ0v) is 18.2. The molecular formula is C20H26N2O4S2. The van der Waals surface area contributed by atoms with Gasteiger partial charge in [-0.1, -0.05) is 23.8 Å². The minimum absolute atomic E-state index is 0.0863. The topological polar surface area (TPSA) is 83.6 Å². The van der Waals surface area contributed by atoms with Crippen molar-refractivity contribution in [2.45, 2.75) is 45.4 Å². The first kappa shape index (κ1) is 20.7. The molecule has 0 radical (unpaired) electrons. The largest absolute Gasteiger partial charge is 0.279 e. The summed E-state index contributed by atoms with van der Waals surface area (Å²) in [4.78, 5) is 0.0881. The first-order valence-corrected chi connectivity index (χ1v) is 12.3. The van der Waals surface area contributed by atoms with Crippen molar-refractivity contribution in [3.63, 3.8) is 0 Å². The third kappa shape index (κ3) is 4.03. The van der Waals surface area contributed by atoms with E-state index in [0.29, 0.717) is 29.9 Å². The van der Waals surface area contributed by atoms with Crippen LogP contribution in [-0.2, 0) is 20.0 Å². The fraction of sp³-hybridized carbons (Fsp3) is 0.400. The maximum atomic E-state index is 13.1. The van der Waals surface area contributed by atoms with Gasteiger partial charge >= 0.3 is 0 Å². The highest BCUT2D eigenvalue weighted by Gasteiger charge is 2.28. The first-order chi connectivity index (χ1) is 13.0. The van der Waals surface area contributed by atoms with Crippen LogP contribution in [0.15, 0.2) is 35.2 Å². The van der Waals surface area contributed by atoms with Crippen molar-refractivity contribution in [1.82, 2.24) is 0 Å². The summed E-state index contributed by atoms with van der Waals surface area (Å²) in [5.74, 6) is 0.0863. The Hall–Kier alpha value is -2.06. The molecule has 1 heterocycles. The van der Waals surface area contributed by atoms with Gasteiger partial charge in [-0.15, -0.1) is 0 Å². The lowest BCUT2D eigenvalue weighted by Crippen LogP contribution is -2.38. The Labute approximate surface area is 167 Å². The summed E-state index contributed by atoms with van der Waals surface area (Å²) < 4.78 is 55.1. The van der Waals surface area contributed by atoms with Gasteiger partial charge in [0, 0.05) is 6.54 Å². The number of sulfonamides is 2. The molecule has 0 atom stereocenters. The van der Waals surface area contributed by atoms with Crippen molar-refractivity contribution in [3.05, 3.63) is 52.6 Å². The molecule has 0 spiro atoms. The van der Waals surface area contributed by atoms with Gasteiger partial charge in [0.25, 0.3) is 10.0 Å². The molecule has 0 aliphatic carbocycles. The average molecular weight is 423 g/mol. The standard InChI is InChI=1S/C20H26N2O4S2/c1-14-11-16(3)20(17(4)12-14)21-28(25,26)19-13-18(8-7-15(19)2)22-9-5-6-10-27(22,23)24/h7-8,11-13,21H,5-6,9-10H2,1-4H3. The Kier molecular flexibility index (Phi) is 5.46. The number of aryl methyl sites for hydroxylation is 4. The van der Waals surface area contributed by atoms with Gasteiger partial charge in [-0.25, -0.2) is 16.8 Å². The monoisotopic (exact) mass is 422 g/mol.